The topological polar surface area (TPSA) is 63.3 Å². The van der Waals surface area contributed by atoms with Gasteiger partial charge in [-0.25, -0.2) is 4.98 Å². The average Bonchev–Trinajstić information content (AvgIpc) is 2.97. The highest BCUT2D eigenvalue weighted by Crippen LogP contribution is 2.24. The van der Waals surface area contributed by atoms with Gasteiger partial charge in [0.25, 0.3) is 0 Å². The van der Waals surface area contributed by atoms with Crippen LogP contribution in [0.1, 0.15) is 44.0 Å². The number of anilines is 1. The fourth-order valence-corrected chi connectivity index (χ4v) is 3.07. The van der Waals surface area contributed by atoms with Crippen molar-refractivity contribution in [3.05, 3.63) is 45.9 Å². The molecule has 0 atom stereocenters. The molecule has 0 unspecified atom stereocenters. The number of hydrogen-bond acceptors (Lipinski definition) is 3. The first-order valence-electron chi connectivity index (χ1n) is 7.99. The maximum Gasteiger partial charge on any atom is 0.193 e. The van der Waals surface area contributed by atoms with Gasteiger partial charge < -0.3 is 11.1 Å². The summed E-state index contributed by atoms with van der Waals surface area (Å²) in [6, 6.07) is 8.24. The highest BCUT2D eigenvalue weighted by atomic mass is 127. The van der Waals surface area contributed by atoms with E-state index >= 15 is 0 Å². The Labute approximate surface area is 166 Å². The third-order valence-electron chi connectivity index (χ3n) is 3.56. The number of benzene rings is 1. The van der Waals surface area contributed by atoms with Crippen molar-refractivity contribution in [2.24, 2.45) is 10.7 Å². The van der Waals surface area contributed by atoms with Crippen LogP contribution >= 0.6 is 35.3 Å². The third-order valence-corrected chi connectivity index (χ3v) is 4.47. The standard InChI is InChI=1S/C18H26N4S.HI/c1-5-13-6-8-14(9-7-13)21-17(19)20-11-10-16-22-15(12-23-16)18(2,3)4;/h6-9,12H,5,10-11H2,1-4H3,(H3,19,20,21);1H. The minimum Gasteiger partial charge on any atom is -0.370 e. The van der Waals surface area contributed by atoms with Gasteiger partial charge in [0, 0.05) is 29.4 Å². The van der Waals surface area contributed by atoms with Crippen molar-refractivity contribution in [2.45, 2.75) is 46.0 Å². The first-order valence-corrected chi connectivity index (χ1v) is 8.87. The van der Waals surface area contributed by atoms with Gasteiger partial charge in [-0.05, 0) is 24.1 Å². The molecule has 0 bridgehead atoms. The van der Waals surface area contributed by atoms with Crippen LogP contribution in [0.5, 0.6) is 0 Å². The van der Waals surface area contributed by atoms with Gasteiger partial charge in [0.2, 0.25) is 0 Å². The summed E-state index contributed by atoms with van der Waals surface area (Å²) in [4.78, 5) is 9.05. The van der Waals surface area contributed by atoms with Crippen LogP contribution in [0, 0.1) is 0 Å². The quantitative estimate of drug-likeness (QED) is 0.392. The van der Waals surface area contributed by atoms with Crippen LogP contribution in [0.15, 0.2) is 34.6 Å². The molecule has 3 N–H and O–H groups in total. The number of guanidine groups is 1. The van der Waals surface area contributed by atoms with Crippen molar-refractivity contribution in [1.82, 2.24) is 4.98 Å². The number of aliphatic imine (C=N–C) groups is 1. The van der Waals surface area contributed by atoms with Gasteiger partial charge in [-0.1, -0.05) is 39.8 Å². The minimum atomic E-state index is 0. The molecule has 0 radical (unpaired) electrons. The first kappa shape index (κ1) is 20.9. The Morgan fingerprint density at radius 1 is 1.25 bits per heavy atom. The summed E-state index contributed by atoms with van der Waals surface area (Å²) in [5.74, 6) is 0.446. The lowest BCUT2D eigenvalue weighted by Gasteiger charge is -2.14. The normalized spacial score (nSPS) is 11.9. The van der Waals surface area contributed by atoms with Crippen molar-refractivity contribution in [2.75, 3.05) is 11.9 Å². The Bertz CT molecular complexity index is 656. The zero-order valence-corrected chi connectivity index (χ0v) is 17.9. The number of rotatable bonds is 5. The molecular formula is C18H27IN4S. The number of nitrogens with one attached hydrogen (secondary N) is 1. The Balaban J connectivity index is 0.00000288. The van der Waals surface area contributed by atoms with Gasteiger partial charge >= 0.3 is 0 Å². The molecule has 1 heterocycles. The molecule has 0 amide bonds. The molecule has 4 nitrogen and oxygen atoms in total. The number of aromatic nitrogens is 1. The van der Waals surface area contributed by atoms with Gasteiger partial charge in [0.05, 0.1) is 10.7 Å². The molecule has 6 heteroatoms. The molecule has 0 fully saturated rings. The number of aryl methyl sites for hydroxylation is 1. The summed E-state index contributed by atoms with van der Waals surface area (Å²) in [5.41, 5.74) is 9.45. The predicted octanol–water partition coefficient (Wildman–Crippen LogP) is 4.59. The minimum absolute atomic E-state index is 0. The second kappa shape index (κ2) is 9.36. The SMILES string of the molecule is CCc1ccc(NC(N)=NCCc2nc(C(C)(C)C)cs2)cc1.I. The van der Waals surface area contributed by atoms with Crippen molar-refractivity contribution >= 4 is 47.0 Å². The molecule has 0 aliphatic rings. The maximum atomic E-state index is 5.94. The second-order valence-corrected chi connectivity index (χ2v) is 7.51. The lowest BCUT2D eigenvalue weighted by atomic mass is 9.93. The van der Waals surface area contributed by atoms with E-state index in [9.17, 15) is 0 Å². The highest BCUT2D eigenvalue weighted by Gasteiger charge is 2.17. The molecule has 132 valence electrons. The number of nitrogens with zero attached hydrogens (tertiary/aromatic N) is 2. The Kier molecular flexibility index (Phi) is 8.15. The number of halogens is 1. The monoisotopic (exact) mass is 458 g/mol. The highest BCUT2D eigenvalue weighted by molar-refractivity contribution is 14.0. The Morgan fingerprint density at radius 2 is 1.92 bits per heavy atom. The smallest absolute Gasteiger partial charge is 0.193 e. The first-order chi connectivity index (χ1) is 10.9. The summed E-state index contributed by atoms with van der Waals surface area (Å²) in [6.07, 6.45) is 1.85. The number of hydrogen-bond donors (Lipinski definition) is 2. The van der Waals surface area contributed by atoms with E-state index in [1.165, 1.54) is 5.56 Å². The van der Waals surface area contributed by atoms with Gasteiger partial charge in [0.15, 0.2) is 5.96 Å². The average molecular weight is 458 g/mol. The zero-order valence-electron chi connectivity index (χ0n) is 14.8. The molecule has 2 aromatic rings. The molecule has 1 aromatic heterocycles. The van der Waals surface area contributed by atoms with Gasteiger partial charge in [-0.15, -0.1) is 35.3 Å². The lowest BCUT2D eigenvalue weighted by molar-refractivity contribution is 0.571. The largest absolute Gasteiger partial charge is 0.370 e. The summed E-state index contributed by atoms with van der Waals surface area (Å²) in [7, 11) is 0. The number of nitrogens with two attached hydrogens (primary N) is 1. The maximum absolute atomic E-state index is 5.94. The van der Waals surface area contributed by atoms with Gasteiger partial charge in [-0.2, -0.15) is 0 Å². The predicted molar refractivity (Wildman–Crippen MR) is 116 cm³/mol. The molecule has 0 spiro atoms. The third kappa shape index (κ3) is 6.39. The molecule has 0 saturated carbocycles. The fourth-order valence-electron chi connectivity index (χ4n) is 2.05. The van der Waals surface area contributed by atoms with E-state index in [1.54, 1.807) is 11.3 Å². The van der Waals surface area contributed by atoms with E-state index in [0.717, 1.165) is 29.2 Å². The van der Waals surface area contributed by atoms with Crippen molar-refractivity contribution in [3.8, 4) is 0 Å². The summed E-state index contributed by atoms with van der Waals surface area (Å²) in [5, 5.41) is 6.36. The molecular weight excluding hydrogens is 431 g/mol. The van der Waals surface area contributed by atoms with Crippen molar-refractivity contribution in [3.63, 3.8) is 0 Å². The number of thiazole rings is 1. The van der Waals surface area contributed by atoms with Crippen LogP contribution in [-0.4, -0.2) is 17.5 Å². The summed E-state index contributed by atoms with van der Waals surface area (Å²) in [6.45, 7) is 9.31. The van der Waals surface area contributed by atoms with E-state index in [2.05, 4.69) is 60.5 Å². The van der Waals surface area contributed by atoms with Crippen LogP contribution in [0.4, 0.5) is 5.69 Å². The van der Waals surface area contributed by atoms with Crippen LogP contribution in [-0.2, 0) is 18.3 Å². The molecule has 1 aromatic carbocycles. The van der Waals surface area contributed by atoms with E-state index < -0.39 is 0 Å². The summed E-state index contributed by atoms with van der Waals surface area (Å²) >= 11 is 1.69. The molecule has 2 rings (SSSR count). The van der Waals surface area contributed by atoms with E-state index in [1.807, 2.05) is 12.1 Å². The lowest BCUT2D eigenvalue weighted by Crippen LogP contribution is -2.23. The van der Waals surface area contributed by atoms with Crippen molar-refractivity contribution < 1.29 is 0 Å². The van der Waals surface area contributed by atoms with Crippen LogP contribution in [0.3, 0.4) is 0 Å². The summed E-state index contributed by atoms with van der Waals surface area (Å²) < 4.78 is 0. The van der Waals surface area contributed by atoms with E-state index in [-0.39, 0.29) is 29.4 Å². The van der Waals surface area contributed by atoms with Crippen LogP contribution in [0.25, 0.3) is 0 Å². The van der Waals surface area contributed by atoms with Gasteiger partial charge in [-0.3, -0.25) is 4.99 Å². The Morgan fingerprint density at radius 3 is 2.46 bits per heavy atom. The zero-order chi connectivity index (χ0) is 16.9. The van der Waals surface area contributed by atoms with Crippen molar-refractivity contribution in [1.29, 1.82) is 0 Å². The second-order valence-electron chi connectivity index (χ2n) is 6.57. The van der Waals surface area contributed by atoms with E-state index in [4.69, 9.17) is 5.73 Å². The Hall–Kier alpha value is -1.15. The molecule has 0 aliphatic heterocycles. The fraction of sp³-hybridized carbons (Fsp3) is 0.444. The molecule has 0 aliphatic carbocycles. The van der Waals surface area contributed by atoms with E-state index in [0.29, 0.717) is 12.5 Å². The van der Waals surface area contributed by atoms with Crippen LogP contribution in [0.2, 0.25) is 0 Å². The molecule has 24 heavy (non-hydrogen) atoms. The van der Waals surface area contributed by atoms with Crippen LogP contribution < -0.4 is 11.1 Å². The van der Waals surface area contributed by atoms with Gasteiger partial charge in [0.1, 0.15) is 0 Å². The molecule has 0 saturated heterocycles.